The van der Waals surface area contributed by atoms with Gasteiger partial charge in [-0.05, 0) is 23.3 Å². The van der Waals surface area contributed by atoms with Gasteiger partial charge in [0.2, 0.25) is 5.91 Å². The van der Waals surface area contributed by atoms with Crippen molar-refractivity contribution in [2.24, 2.45) is 5.92 Å². The van der Waals surface area contributed by atoms with E-state index >= 15 is 0 Å². The number of carbonyl (C=O) groups excluding carboxylic acids is 1. The second kappa shape index (κ2) is 4.77. The molecule has 0 aliphatic rings. The van der Waals surface area contributed by atoms with Crippen molar-refractivity contribution in [2.75, 3.05) is 5.32 Å². The number of rotatable bonds is 4. The molecular weight excluding hydrogens is 220 g/mol. The van der Waals surface area contributed by atoms with Crippen molar-refractivity contribution in [3.8, 4) is 0 Å². The number of hydrogen-bond acceptors (Lipinski definition) is 4. The Labute approximate surface area is 98.2 Å². The van der Waals surface area contributed by atoms with E-state index in [9.17, 15) is 4.79 Å². The van der Waals surface area contributed by atoms with Gasteiger partial charge in [0.1, 0.15) is 6.04 Å². The molecule has 7 heteroatoms. The van der Waals surface area contributed by atoms with Crippen LogP contribution in [-0.4, -0.2) is 31.1 Å². The van der Waals surface area contributed by atoms with E-state index in [-0.39, 0.29) is 23.8 Å². The molecule has 17 heavy (non-hydrogen) atoms. The Morgan fingerprint density at radius 2 is 2.12 bits per heavy atom. The highest BCUT2D eigenvalue weighted by molar-refractivity contribution is 5.92. The van der Waals surface area contributed by atoms with Crippen LogP contribution < -0.4 is 5.32 Å². The van der Waals surface area contributed by atoms with Gasteiger partial charge >= 0.3 is 0 Å². The van der Waals surface area contributed by atoms with Crippen molar-refractivity contribution in [3.63, 3.8) is 0 Å². The Kier molecular flexibility index (Phi) is 3.17. The van der Waals surface area contributed by atoms with Gasteiger partial charge in [0.05, 0.1) is 0 Å². The van der Waals surface area contributed by atoms with Crippen LogP contribution in [0, 0.1) is 5.92 Å². The minimum atomic E-state index is -0.288. The molecule has 2 heterocycles. The number of aromatic amines is 1. The van der Waals surface area contributed by atoms with Gasteiger partial charge in [-0.25, -0.2) is 0 Å². The van der Waals surface area contributed by atoms with Crippen LogP contribution in [0.2, 0.25) is 0 Å². The molecule has 0 aromatic carbocycles. The van der Waals surface area contributed by atoms with Crippen LogP contribution in [0.1, 0.15) is 19.9 Å². The first kappa shape index (κ1) is 11.3. The van der Waals surface area contributed by atoms with Gasteiger partial charge in [0.15, 0.2) is 0 Å². The van der Waals surface area contributed by atoms with Gasteiger partial charge in [0, 0.05) is 12.4 Å². The summed E-state index contributed by atoms with van der Waals surface area (Å²) in [5, 5.41) is 15.7. The smallest absolute Gasteiger partial charge is 0.269 e. The molecule has 2 aromatic heterocycles. The molecule has 1 atom stereocenters. The summed E-state index contributed by atoms with van der Waals surface area (Å²) in [4.78, 5) is 12.1. The zero-order valence-electron chi connectivity index (χ0n) is 9.66. The lowest BCUT2D eigenvalue weighted by molar-refractivity contribution is -0.120. The first-order valence-corrected chi connectivity index (χ1v) is 5.35. The van der Waals surface area contributed by atoms with E-state index < -0.39 is 0 Å². The Morgan fingerprint density at radius 3 is 2.65 bits per heavy atom. The van der Waals surface area contributed by atoms with Crippen LogP contribution in [0.4, 0.5) is 5.95 Å². The Bertz CT molecular complexity index is 461. The normalized spacial score (nSPS) is 12.6. The maximum atomic E-state index is 12.1. The van der Waals surface area contributed by atoms with Gasteiger partial charge in [-0.2, -0.15) is 5.21 Å². The Balaban J connectivity index is 2.14. The summed E-state index contributed by atoms with van der Waals surface area (Å²) in [5.41, 5.74) is 0. The molecular formula is C10H14N6O. The van der Waals surface area contributed by atoms with Crippen molar-refractivity contribution in [2.45, 2.75) is 19.9 Å². The number of H-pyrrole nitrogens is 1. The van der Waals surface area contributed by atoms with Crippen molar-refractivity contribution in [1.29, 1.82) is 0 Å². The quantitative estimate of drug-likeness (QED) is 0.820. The van der Waals surface area contributed by atoms with E-state index in [4.69, 9.17) is 0 Å². The Morgan fingerprint density at radius 1 is 1.41 bits per heavy atom. The fraction of sp³-hybridized carbons (Fsp3) is 0.400. The molecule has 0 saturated carbocycles. The SMILES string of the molecule is CC(C)C(C(=O)Nc1nn[nH]n1)n1cccc1. The molecule has 0 spiro atoms. The predicted octanol–water partition coefficient (Wildman–Crippen LogP) is 0.837. The summed E-state index contributed by atoms with van der Waals surface area (Å²) in [6, 6.07) is 3.48. The molecule has 1 unspecified atom stereocenters. The van der Waals surface area contributed by atoms with Gasteiger partial charge in [-0.3, -0.25) is 10.1 Å². The monoisotopic (exact) mass is 234 g/mol. The van der Waals surface area contributed by atoms with Gasteiger partial charge < -0.3 is 4.57 Å². The highest BCUT2D eigenvalue weighted by atomic mass is 16.2. The third-order valence-electron chi connectivity index (χ3n) is 2.43. The maximum Gasteiger partial charge on any atom is 0.269 e. The molecule has 0 aliphatic carbocycles. The lowest BCUT2D eigenvalue weighted by Gasteiger charge is -2.20. The second-order valence-corrected chi connectivity index (χ2v) is 4.04. The molecule has 0 fully saturated rings. The number of nitrogens with one attached hydrogen (secondary N) is 2. The van der Waals surface area contributed by atoms with Crippen LogP contribution in [0.15, 0.2) is 24.5 Å². The predicted molar refractivity (Wildman–Crippen MR) is 61.1 cm³/mol. The summed E-state index contributed by atoms with van der Waals surface area (Å²) in [6.45, 7) is 3.97. The van der Waals surface area contributed by atoms with Crippen molar-refractivity contribution in [1.82, 2.24) is 25.2 Å². The van der Waals surface area contributed by atoms with Crippen LogP contribution in [-0.2, 0) is 4.79 Å². The number of anilines is 1. The molecule has 2 aromatic rings. The van der Waals surface area contributed by atoms with Crippen molar-refractivity contribution in [3.05, 3.63) is 24.5 Å². The number of nitrogens with zero attached hydrogens (tertiary/aromatic N) is 4. The fourth-order valence-corrected chi connectivity index (χ4v) is 1.71. The summed E-state index contributed by atoms with van der Waals surface area (Å²) < 4.78 is 1.86. The van der Waals surface area contributed by atoms with Gasteiger partial charge in [-0.15, -0.1) is 5.10 Å². The summed E-state index contributed by atoms with van der Waals surface area (Å²) in [7, 11) is 0. The number of carbonyl (C=O) groups is 1. The van der Waals surface area contributed by atoms with E-state index in [0.717, 1.165) is 0 Å². The molecule has 0 saturated heterocycles. The maximum absolute atomic E-state index is 12.1. The molecule has 7 nitrogen and oxygen atoms in total. The average Bonchev–Trinajstić information content (AvgIpc) is 2.89. The van der Waals surface area contributed by atoms with Crippen molar-refractivity contribution >= 4 is 11.9 Å². The highest BCUT2D eigenvalue weighted by Crippen LogP contribution is 2.19. The van der Waals surface area contributed by atoms with Gasteiger partial charge in [0.25, 0.3) is 5.95 Å². The zero-order valence-corrected chi connectivity index (χ0v) is 9.66. The van der Waals surface area contributed by atoms with Crippen LogP contribution >= 0.6 is 0 Å². The lowest BCUT2D eigenvalue weighted by atomic mass is 10.0. The molecule has 0 aliphatic heterocycles. The van der Waals surface area contributed by atoms with E-state index in [1.54, 1.807) is 0 Å². The van der Waals surface area contributed by atoms with Crippen LogP contribution in [0.25, 0.3) is 0 Å². The van der Waals surface area contributed by atoms with Crippen LogP contribution in [0.5, 0.6) is 0 Å². The Hall–Kier alpha value is -2.18. The molecule has 2 N–H and O–H groups in total. The van der Waals surface area contributed by atoms with Crippen molar-refractivity contribution < 1.29 is 4.79 Å². The molecule has 2 rings (SSSR count). The first-order valence-electron chi connectivity index (χ1n) is 5.35. The molecule has 1 amide bonds. The second-order valence-electron chi connectivity index (χ2n) is 4.04. The highest BCUT2D eigenvalue weighted by Gasteiger charge is 2.24. The third kappa shape index (κ3) is 2.49. The molecule has 0 radical (unpaired) electrons. The number of aromatic nitrogens is 5. The average molecular weight is 234 g/mol. The summed E-state index contributed by atoms with van der Waals surface area (Å²) >= 11 is 0. The zero-order chi connectivity index (χ0) is 12.3. The fourth-order valence-electron chi connectivity index (χ4n) is 1.71. The number of tetrazole rings is 1. The number of amides is 1. The summed E-state index contributed by atoms with van der Waals surface area (Å²) in [6.07, 6.45) is 3.72. The standard InChI is InChI=1S/C10H14N6O/c1-7(2)8(16-5-3-4-6-16)9(17)11-10-12-14-15-13-10/h3-8H,1-2H3,(H2,11,12,13,14,15,17). The van der Waals surface area contributed by atoms with Gasteiger partial charge in [-0.1, -0.05) is 18.9 Å². The van der Waals surface area contributed by atoms with E-state index in [0.29, 0.717) is 0 Å². The van der Waals surface area contributed by atoms with E-state index in [1.165, 1.54) is 0 Å². The molecule has 90 valence electrons. The summed E-state index contributed by atoms with van der Waals surface area (Å²) in [5.74, 6) is 0.194. The minimum absolute atomic E-state index is 0.155. The molecule has 0 bridgehead atoms. The van der Waals surface area contributed by atoms with E-state index in [2.05, 4.69) is 25.9 Å². The minimum Gasteiger partial charge on any atom is -0.342 e. The largest absolute Gasteiger partial charge is 0.342 e. The van der Waals surface area contributed by atoms with Crippen LogP contribution in [0.3, 0.4) is 0 Å². The third-order valence-corrected chi connectivity index (χ3v) is 2.43. The first-order chi connectivity index (χ1) is 8.18. The number of hydrogen-bond donors (Lipinski definition) is 2. The topological polar surface area (TPSA) is 88.5 Å². The van der Waals surface area contributed by atoms with E-state index in [1.807, 2.05) is 42.9 Å². The lowest BCUT2D eigenvalue weighted by Crippen LogP contribution is -2.29.